The summed E-state index contributed by atoms with van der Waals surface area (Å²) in [5.41, 5.74) is -0.426. The Morgan fingerprint density at radius 2 is 1.77 bits per heavy atom. The van der Waals surface area contributed by atoms with Crippen molar-refractivity contribution in [2.75, 3.05) is 38.4 Å². The number of alkyl halides is 3. The lowest BCUT2D eigenvalue weighted by Gasteiger charge is -2.16. The summed E-state index contributed by atoms with van der Waals surface area (Å²) in [6, 6.07) is 10.1. The molecule has 0 unspecified atom stereocenters. The minimum Gasteiger partial charge on any atom is -0.481 e. The molecule has 2 aromatic carbocycles. The zero-order valence-corrected chi connectivity index (χ0v) is 24.8. The number of nitrogens with one attached hydrogen (secondary N) is 2. The molecule has 0 saturated heterocycles. The van der Waals surface area contributed by atoms with Gasteiger partial charge in [0.25, 0.3) is 11.8 Å². The highest BCUT2D eigenvalue weighted by atomic mass is 32.1. The van der Waals surface area contributed by atoms with Crippen molar-refractivity contribution < 1.29 is 36.6 Å². The number of benzene rings is 2. The van der Waals surface area contributed by atoms with Crippen molar-refractivity contribution >= 4 is 40.4 Å². The van der Waals surface area contributed by atoms with Crippen molar-refractivity contribution in [1.82, 2.24) is 19.4 Å². The highest BCUT2D eigenvalue weighted by molar-refractivity contribution is 7.80. The summed E-state index contributed by atoms with van der Waals surface area (Å²) in [6.45, 7) is 1.37. The van der Waals surface area contributed by atoms with Gasteiger partial charge in [-0.3, -0.25) is 9.59 Å². The average Bonchev–Trinajstić information content (AvgIpc) is 3.51. The molecule has 0 radical (unpaired) electrons. The molecule has 10 nitrogen and oxygen atoms in total. The summed E-state index contributed by atoms with van der Waals surface area (Å²) in [5, 5.41) is 5.33. The number of ether oxygens (including phenoxy) is 2. The van der Waals surface area contributed by atoms with Gasteiger partial charge in [-0.1, -0.05) is 12.2 Å². The van der Waals surface area contributed by atoms with Crippen LogP contribution in [0.15, 0.2) is 73.4 Å². The molecule has 2 heterocycles. The van der Waals surface area contributed by atoms with Crippen molar-refractivity contribution in [3.05, 3.63) is 90.4 Å². The number of carbonyl (C=O) groups excluding carboxylic acids is 2. The van der Waals surface area contributed by atoms with E-state index < -0.39 is 36.0 Å². The molecule has 44 heavy (non-hydrogen) atoms. The minimum absolute atomic E-state index is 0.0639. The maximum Gasteiger partial charge on any atom is 0.418 e. The minimum atomic E-state index is -4.68. The van der Waals surface area contributed by atoms with Crippen LogP contribution in [0.1, 0.15) is 22.8 Å². The Hall–Kier alpha value is -5.05. The van der Waals surface area contributed by atoms with Gasteiger partial charge in [0.2, 0.25) is 5.88 Å². The molecule has 0 spiro atoms. The fourth-order valence-corrected chi connectivity index (χ4v) is 3.59. The van der Waals surface area contributed by atoms with E-state index >= 15 is 0 Å². The lowest BCUT2D eigenvalue weighted by molar-refractivity contribution is -0.137. The number of pyridine rings is 1. The van der Waals surface area contributed by atoms with Crippen LogP contribution in [0, 0.1) is 5.82 Å². The van der Waals surface area contributed by atoms with Gasteiger partial charge in [0.05, 0.1) is 41.6 Å². The summed E-state index contributed by atoms with van der Waals surface area (Å²) < 4.78 is 65.8. The number of methoxy groups -OCH3 is 1. The second kappa shape index (κ2) is 14.9. The molecule has 0 aliphatic heterocycles. The number of amides is 2. The lowest BCUT2D eigenvalue weighted by Crippen LogP contribution is -2.27. The van der Waals surface area contributed by atoms with Crippen molar-refractivity contribution in [2.45, 2.75) is 13.1 Å². The molecule has 0 fully saturated rings. The third kappa shape index (κ3) is 9.49. The van der Waals surface area contributed by atoms with Crippen LogP contribution in [0.4, 0.5) is 28.9 Å². The van der Waals surface area contributed by atoms with E-state index in [1.54, 1.807) is 19.4 Å². The topological polar surface area (TPSA) is 111 Å². The Morgan fingerprint density at radius 3 is 2.34 bits per heavy atom. The molecule has 2 amide bonds. The second-order valence-electron chi connectivity index (χ2n) is 9.15. The van der Waals surface area contributed by atoms with Crippen LogP contribution in [0.5, 0.6) is 11.6 Å². The van der Waals surface area contributed by atoms with Crippen LogP contribution in [0.2, 0.25) is 0 Å². The van der Waals surface area contributed by atoms with Gasteiger partial charge in [0.1, 0.15) is 0 Å². The van der Waals surface area contributed by atoms with Crippen LogP contribution < -0.4 is 20.1 Å². The highest BCUT2D eigenvalue weighted by Gasteiger charge is 2.34. The first kappa shape index (κ1) is 33.5. The SMILES string of the molecule is CN(C)C(=O)COc1cc(C(=O)Nc2ccc(-n3ccnc3)c(C(F)(F)F)c2)ccc1F.COc1ccc(NC(C)=S)cn1. The van der Waals surface area contributed by atoms with E-state index in [1.165, 1.54) is 54.4 Å². The molecule has 0 atom stereocenters. The van der Waals surface area contributed by atoms with E-state index in [0.717, 1.165) is 34.9 Å². The summed E-state index contributed by atoms with van der Waals surface area (Å²) >= 11 is 4.87. The first-order valence-electron chi connectivity index (χ1n) is 12.7. The fraction of sp³-hybridized carbons (Fsp3) is 0.207. The molecule has 15 heteroatoms. The van der Waals surface area contributed by atoms with E-state index in [2.05, 4.69) is 20.6 Å². The van der Waals surface area contributed by atoms with Crippen LogP contribution in [0.3, 0.4) is 0 Å². The van der Waals surface area contributed by atoms with Crippen LogP contribution in [-0.4, -0.2) is 64.0 Å². The van der Waals surface area contributed by atoms with Gasteiger partial charge in [0, 0.05) is 43.8 Å². The predicted octanol–water partition coefficient (Wildman–Crippen LogP) is 5.60. The Balaban J connectivity index is 0.000000369. The molecule has 4 aromatic rings. The fourth-order valence-electron chi connectivity index (χ4n) is 3.47. The van der Waals surface area contributed by atoms with E-state index in [0.29, 0.717) is 5.88 Å². The first-order valence-corrected chi connectivity index (χ1v) is 13.1. The zero-order chi connectivity index (χ0) is 32.4. The number of aromatic nitrogens is 3. The monoisotopic (exact) mass is 632 g/mol. The Bertz CT molecular complexity index is 1600. The van der Waals surface area contributed by atoms with Gasteiger partial charge >= 0.3 is 6.18 Å². The molecule has 4 rings (SSSR count). The summed E-state index contributed by atoms with van der Waals surface area (Å²) in [4.78, 5) is 33.9. The molecular weight excluding hydrogens is 604 g/mol. The number of rotatable bonds is 8. The Morgan fingerprint density at radius 1 is 1.05 bits per heavy atom. The van der Waals surface area contributed by atoms with E-state index in [4.69, 9.17) is 21.7 Å². The summed E-state index contributed by atoms with van der Waals surface area (Å²) in [7, 11) is 4.58. The van der Waals surface area contributed by atoms with Crippen LogP contribution in [-0.2, 0) is 11.0 Å². The molecule has 0 aliphatic rings. The Labute approximate surface area is 255 Å². The van der Waals surface area contributed by atoms with Gasteiger partial charge in [-0.25, -0.2) is 14.4 Å². The van der Waals surface area contributed by atoms with Crippen LogP contribution in [0.25, 0.3) is 5.69 Å². The standard InChI is InChI=1S/C21H18F4N4O3.C8H10N2OS/c1-28(2)19(30)11-32-18-9-13(3-5-16(18)22)20(31)27-14-4-6-17(29-8-7-26-12-29)15(10-14)21(23,24)25;1-6(12)10-7-3-4-8(11-2)9-5-7/h3-10,12H,11H2,1-2H3,(H,27,31);3-5H,1-2H3,(H,10,12). The maximum atomic E-state index is 14.0. The number of thiocarbonyl (C=S) groups is 1. The molecule has 0 saturated carbocycles. The van der Waals surface area contributed by atoms with Crippen LogP contribution >= 0.6 is 12.2 Å². The third-order valence-electron chi connectivity index (χ3n) is 5.65. The van der Waals surface area contributed by atoms with Crippen molar-refractivity contribution in [3.63, 3.8) is 0 Å². The third-order valence-corrected chi connectivity index (χ3v) is 5.75. The number of halogens is 4. The van der Waals surface area contributed by atoms with Crippen molar-refractivity contribution in [2.24, 2.45) is 0 Å². The number of nitrogens with zero attached hydrogens (tertiary/aromatic N) is 4. The van der Waals surface area contributed by atoms with Crippen molar-refractivity contribution in [1.29, 1.82) is 0 Å². The van der Waals surface area contributed by atoms with E-state index in [-0.39, 0.29) is 22.7 Å². The number of anilines is 2. The molecule has 2 N–H and O–H groups in total. The number of likely N-dealkylation sites (N-methyl/N-ethyl adjacent to an activating group) is 1. The number of imidazole rings is 1. The van der Waals surface area contributed by atoms with Gasteiger partial charge in [-0.15, -0.1) is 0 Å². The maximum absolute atomic E-state index is 14.0. The van der Waals surface area contributed by atoms with Gasteiger partial charge in [-0.05, 0) is 49.4 Å². The smallest absolute Gasteiger partial charge is 0.418 e. The molecule has 232 valence electrons. The summed E-state index contributed by atoms with van der Waals surface area (Å²) in [5.74, 6) is -1.73. The largest absolute Gasteiger partial charge is 0.481 e. The zero-order valence-electron chi connectivity index (χ0n) is 24.0. The van der Waals surface area contributed by atoms with Gasteiger partial charge in [-0.2, -0.15) is 13.2 Å². The normalized spacial score (nSPS) is 10.6. The number of hydrogen-bond donors (Lipinski definition) is 2. The van der Waals surface area contributed by atoms with Gasteiger partial charge in [0.15, 0.2) is 18.2 Å². The second-order valence-corrected chi connectivity index (χ2v) is 9.76. The molecule has 0 bridgehead atoms. The lowest BCUT2D eigenvalue weighted by atomic mass is 10.1. The average molecular weight is 633 g/mol. The van der Waals surface area contributed by atoms with E-state index in [1.807, 2.05) is 13.0 Å². The Kier molecular flexibility index (Phi) is 11.3. The first-order chi connectivity index (χ1) is 20.8. The highest BCUT2D eigenvalue weighted by Crippen LogP contribution is 2.35. The van der Waals surface area contributed by atoms with Crippen molar-refractivity contribution in [3.8, 4) is 17.3 Å². The van der Waals surface area contributed by atoms with E-state index in [9.17, 15) is 27.2 Å². The molecule has 0 aliphatic carbocycles. The summed E-state index contributed by atoms with van der Waals surface area (Å²) in [6.07, 6.45) is 0.925. The molecule has 2 aromatic heterocycles. The molecular formula is C29H28F4N6O4S. The quantitative estimate of drug-likeness (QED) is 0.191. The number of hydrogen-bond acceptors (Lipinski definition) is 7. The number of carbonyl (C=O) groups is 2. The van der Waals surface area contributed by atoms with Gasteiger partial charge < -0.3 is 29.6 Å². The predicted molar refractivity (Wildman–Crippen MR) is 160 cm³/mol.